The van der Waals surface area contributed by atoms with E-state index < -0.39 is 11.7 Å². The number of hydrogen-bond acceptors (Lipinski definition) is 4. The molecule has 0 saturated carbocycles. The number of rotatable bonds is 3. The molecule has 1 aliphatic rings. The summed E-state index contributed by atoms with van der Waals surface area (Å²) in [5, 5.41) is 13.0. The number of ether oxygens (including phenoxy) is 1. The first-order valence-corrected chi connectivity index (χ1v) is 7.82. The third-order valence-corrected chi connectivity index (χ3v) is 4.12. The molecule has 0 aliphatic carbocycles. The van der Waals surface area contributed by atoms with Gasteiger partial charge in [-0.25, -0.2) is 9.78 Å². The molecule has 3 rings (SSSR count). The highest BCUT2D eigenvalue weighted by Crippen LogP contribution is 2.36. The zero-order chi connectivity index (χ0) is 17.3. The van der Waals surface area contributed by atoms with E-state index in [1.165, 1.54) is 0 Å². The normalized spacial score (nSPS) is 21.6. The van der Waals surface area contributed by atoms with Crippen molar-refractivity contribution in [2.24, 2.45) is 0 Å². The molecule has 5 nitrogen and oxygen atoms in total. The molecule has 1 unspecified atom stereocenters. The van der Waals surface area contributed by atoms with Gasteiger partial charge in [-0.05, 0) is 38.5 Å². The molecule has 0 radical (unpaired) electrons. The summed E-state index contributed by atoms with van der Waals surface area (Å²) in [4.78, 5) is 10.9. The Morgan fingerprint density at radius 2 is 1.67 bits per heavy atom. The first kappa shape index (κ1) is 16.5. The van der Waals surface area contributed by atoms with Crippen molar-refractivity contribution in [2.45, 2.75) is 32.5 Å². The molecule has 1 aliphatic heterocycles. The summed E-state index contributed by atoms with van der Waals surface area (Å²) < 4.78 is 6.03. The minimum absolute atomic E-state index is 0.505. The van der Waals surface area contributed by atoms with Gasteiger partial charge in [-0.15, -0.1) is 0 Å². The Bertz CT molecular complexity index is 748. The molecule has 24 heavy (non-hydrogen) atoms. The zero-order valence-corrected chi connectivity index (χ0v) is 14.3. The van der Waals surface area contributed by atoms with Crippen molar-refractivity contribution >= 4 is 11.4 Å². The summed E-state index contributed by atoms with van der Waals surface area (Å²) in [6, 6.07) is 14.8. The van der Waals surface area contributed by atoms with Crippen LogP contribution in [0.1, 0.15) is 31.1 Å². The Morgan fingerprint density at radius 1 is 1.04 bits per heavy atom. The fourth-order valence-electron chi connectivity index (χ4n) is 2.73. The van der Waals surface area contributed by atoms with Crippen LogP contribution in [-0.4, -0.2) is 23.2 Å². The fraction of sp³-hybridized carbons (Fsp3) is 0.316. The van der Waals surface area contributed by atoms with Gasteiger partial charge in [0.25, 0.3) is 0 Å². The van der Waals surface area contributed by atoms with Crippen molar-refractivity contribution in [2.75, 3.05) is 7.11 Å². The third-order valence-electron chi connectivity index (χ3n) is 4.12. The van der Waals surface area contributed by atoms with Crippen LogP contribution in [0.15, 0.2) is 48.5 Å². The monoisotopic (exact) mass is 327 g/mol. The van der Waals surface area contributed by atoms with Crippen LogP contribution in [0.2, 0.25) is 0 Å². The number of nitrogens with zero attached hydrogens (tertiary/aromatic N) is 1. The first-order chi connectivity index (χ1) is 11.4. The van der Waals surface area contributed by atoms with E-state index in [2.05, 4.69) is 0 Å². The molecule has 0 aromatic heterocycles. The Labute approximate surface area is 141 Å². The highest BCUT2D eigenvalue weighted by atomic mass is 17.2. The van der Waals surface area contributed by atoms with E-state index in [0.29, 0.717) is 17.1 Å². The van der Waals surface area contributed by atoms with Crippen LogP contribution in [0.25, 0.3) is 0 Å². The van der Waals surface area contributed by atoms with Crippen LogP contribution >= 0.6 is 0 Å². The van der Waals surface area contributed by atoms with Crippen LogP contribution in [0.5, 0.6) is 5.75 Å². The number of methoxy groups -OCH3 is 1. The van der Waals surface area contributed by atoms with Gasteiger partial charge in [0.05, 0.1) is 7.11 Å². The topological polar surface area (TPSA) is 53.8 Å². The maximum Gasteiger partial charge on any atom is 0.241 e. The van der Waals surface area contributed by atoms with Gasteiger partial charge in [0.15, 0.2) is 5.60 Å². The van der Waals surface area contributed by atoms with Crippen LogP contribution in [0.3, 0.4) is 0 Å². The van der Waals surface area contributed by atoms with Gasteiger partial charge in [-0.2, -0.15) is 4.74 Å². The Hall–Kier alpha value is -2.37. The lowest BCUT2D eigenvalue weighted by molar-refractivity contribution is -0.367. The van der Waals surface area contributed by atoms with Crippen molar-refractivity contribution in [3.8, 4) is 5.75 Å². The molecule has 0 bridgehead atoms. The van der Waals surface area contributed by atoms with Crippen LogP contribution in [0, 0.1) is 12.1 Å². The third kappa shape index (κ3) is 3.00. The SMILES string of the molecule is COc1ccc(/[N+]([O-])=C2/C(c3ccc(C)cc3)OOC2(C)C)cc1. The molecule has 2 aromatic rings. The minimum atomic E-state index is -0.822. The lowest BCUT2D eigenvalue weighted by Gasteiger charge is -2.17. The lowest BCUT2D eigenvalue weighted by Crippen LogP contribution is -2.35. The van der Waals surface area contributed by atoms with Crippen molar-refractivity contribution in [1.29, 1.82) is 0 Å². The molecule has 126 valence electrons. The van der Waals surface area contributed by atoms with Crippen molar-refractivity contribution in [3.63, 3.8) is 0 Å². The predicted octanol–water partition coefficient (Wildman–Crippen LogP) is 4.07. The summed E-state index contributed by atoms with van der Waals surface area (Å²) in [6.45, 7) is 5.66. The first-order valence-electron chi connectivity index (χ1n) is 7.82. The standard InChI is InChI=1S/C19H21NO4/c1-13-5-7-14(8-6-13)17-18(19(2,3)24-23-17)20(21)15-9-11-16(22-4)12-10-15/h5-12,17H,1-4H3/b20-18+. The summed E-state index contributed by atoms with van der Waals surface area (Å²) in [5.74, 6) is 0.699. The molecule has 1 heterocycles. The van der Waals surface area contributed by atoms with E-state index in [0.717, 1.165) is 15.9 Å². The van der Waals surface area contributed by atoms with E-state index in [1.54, 1.807) is 31.4 Å². The van der Waals surface area contributed by atoms with Crippen LogP contribution in [-0.2, 0) is 9.78 Å². The molecule has 0 N–H and O–H groups in total. The van der Waals surface area contributed by atoms with Crippen molar-refractivity contribution in [1.82, 2.24) is 0 Å². The number of benzene rings is 2. The van der Waals surface area contributed by atoms with Gasteiger partial charge >= 0.3 is 0 Å². The highest BCUT2D eigenvalue weighted by molar-refractivity contribution is 5.94. The molecule has 1 saturated heterocycles. The van der Waals surface area contributed by atoms with Gasteiger partial charge in [-0.3, -0.25) is 0 Å². The summed E-state index contributed by atoms with van der Waals surface area (Å²) >= 11 is 0. The van der Waals surface area contributed by atoms with E-state index >= 15 is 0 Å². The maximum absolute atomic E-state index is 13.0. The summed E-state index contributed by atoms with van der Waals surface area (Å²) in [5.41, 5.74) is 2.22. The Balaban J connectivity index is 2.06. The van der Waals surface area contributed by atoms with E-state index in [4.69, 9.17) is 14.5 Å². The van der Waals surface area contributed by atoms with Gasteiger partial charge in [-0.1, -0.05) is 29.8 Å². The van der Waals surface area contributed by atoms with E-state index in [-0.39, 0.29) is 0 Å². The molecule has 0 spiro atoms. The zero-order valence-electron chi connectivity index (χ0n) is 14.3. The Kier molecular flexibility index (Phi) is 4.30. The molecule has 5 heteroatoms. The molecule has 2 aromatic carbocycles. The fourth-order valence-corrected chi connectivity index (χ4v) is 2.73. The molecular formula is C19H21NO4. The quantitative estimate of drug-likeness (QED) is 0.369. The van der Waals surface area contributed by atoms with Gasteiger partial charge < -0.3 is 9.94 Å². The molecule has 1 atom stereocenters. The van der Waals surface area contributed by atoms with E-state index in [9.17, 15) is 5.21 Å². The van der Waals surface area contributed by atoms with Crippen molar-refractivity contribution < 1.29 is 19.3 Å². The van der Waals surface area contributed by atoms with Gasteiger partial charge in [0, 0.05) is 12.1 Å². The smallest absolute Gasteiger partial charge is 0.241 e. The molecular weight excluding hydrogens is 306 g/mol. The number of aryl methyl sites for hydroxylation is 1. The minimum Gasteiger partial charge on any atom is -0.618 e. The average Bonchev–Trinajstić information content (AvgIpc) is 2.90. The highest BCUT2D eigenvalue weighted by Gasteiger charge is 2.49. The average molecular weight is 327 g/mol. The van der Waals surface area contributed by atoms with E-state index in [1.807, 2.05) is 45.0 Å². The lowest BCUT2D eigenvalue weighted by atomic mass is 9.93. The second-order valence-corrected chi connectivity index (χ2v) is 6.36. The molecule has 0 amide bonds. The summed E-state index contributed by atoms with van der Waals surface area (Å²) in [7, 11) is 1.59. The maximum atomic E-state index is 13.0. The van der Waals surface area contributed by atoms with Gasteiger partial charge in [0.1, 0.15) is 5.75 Å². The largest absolute Gasteiger partial charge is 0.618 e. The van der Waals surface area contributed by atoms with Crippen LogP contribution < -0.4 is 4.74 Å². The molecule has 1 fully saturated rings. The summed E-state index contributed by atoms with van der Waals surface area (Å²) in [6.07, 6.45) is -0.541. The number of hydrogen-bond donors (Lipinski definition) is 0. The second-order valence-electron chi connectivity index (χ2n) is 6.36. The van der Waals surface area contributed by atoms with Crippen molar-refractivity contribution in [3.05, 3.63) is 64.9 Å². The van der Waals surface area contributed by atoms with Crippen LogP contribution in [0.4, 0.5) is 5.69 Å². The predicted molar refractivity (Wildman–Crippen MR) is 91.5 cm³/mol. The van der Waals surface area contributed by atoms with Gasteiger partial charge in [0.2, 0.25) is 17.5 Å². The Morgan fingerprint density at radius 3 is 2.25 bits per heavy atom. The second kappa shape index (κ2) is 6.26.